The van der Waals surface area contributed by atoms with Crippen LogP contribution in [0.4, 0.5) is 0 Å². The number of carbonyl (C=O) groups excluding carboxylic acids is 1. The second-order valence-electron chi connectivity index (χ2n) is 4.90. The molecule has 3 heteroatoms. The van der Waals surface area contributed by atoms with Crippen LogP contribution in [0, 0.1) is 11.8 Å². The van der Waals surface area contributed by atoms with Crippen molar-refractivity contribution in [2.24, 2.45) is 11.8 Å². The second-order valence-corrected chi connectivity index (χ2v) is 5.66. The van der Waals surface area contributed by atoms with E-state index in [1.165, 1.54) is 12.0 Å². The van der Waals surface area contributed by atoms with Gasteiger partial charge < -0.3 is 4.74 Å². The molecule has 0 aromatic heterocycles. The molecule has 1 aliphatic carbocycles. The van der Waals surface area contributed by atoms with Crippen LogP contribution in [-0.4, -0.2) is 16.0 Å². The average molecular weight is 320 g/mol. The molecule has 0 unspecified atom stereocenters. The quantitative estimate of drug-likeness (QED) is 0.346. The molecule has 1 aliphatic heterocycles. The van der Waals surface area contributed by atoms with Crippen LogP contribution in [0.5, 0.6) is 0 Å². The summed E-state index contributed by atoms with van der Waals surface area (Å²) in [6.07, 6.45) is 3.98. The van der Waals surface area contributed by atoms with Crippen LogP contribution in [0.25, 0.3) is 0 Å². The van der Waals surface area contributed by atoms with E-state index in [0.717, 1.165) is 17.3 Å². The molecule has 0 bridgehead atoms. The van der Waals surface area contributed by atoms with Gasteiger partial charge in [-0.05, 0) is 26.2 Å². The zero-order valence-corrected chi connectivity index (χ0v) is 11.2. The van der Waals surface area contributed by atoms with E-state index in [4.69, 9.17) is 4.74 Å². The third-order valence-corrected chi connectivity index (χ3v) is 4.96. The van der Waals surface area contributed by atoms with Gasteiger partial charge in [0.15, 0.2) is 0 Å². The first-order valence-corrected chi connectivity index (χ1v) is 7.03. The third kappa shape index (κ3) is 1.83. The molecular weight excluding hydrogens is 303 g/mol. The molecule has 84 valence electrons. The molecule has 1 heterocycles. The fourth-order valence-corrected chi connectivity index (χ4v) is 4.46. The summed E-state index contributed by atoms with van der Waals surface area (Å²) >= 11 is 2.36. The molecule has 1 saturated heterocycles. The molecule has 15 heavy (non-hydrogen) atoms. The lowest BCUT2D eigenvalue weighted by Gasteiger charge is -2.32. The number of rotatable bonds is 3. The summed E-state index contributed by atoms with van der Waals surface area (Å²) in [7, 11) is 0. The van der Waals surface area contributed by atoms with Crippen molar-refractivity contribution < 1.29 is 9.53 Å². The highest BCUT2D eigenvalue weighted by Gasteiger charge is 2.56. The predicted octanol–water partition coefficient (Wildman–Crippen LogP) is 3.10. The van der Waals surface area contributed by atoms with E-state index in [0.29, 0.717) is 18.3 Å². The molecule has 0 aromatic rings. The van der Waals surface area contributed by atoms with E-state index in [9.17, 15) is 4.79 Å². The average Bonchev–Trinajstić information content (AvgIpc) is 2.62. The normalized spacial score (nSPS) is 38.9. The standard InChI is InChI=1S/C12H17IO2/c1-8(2)5-9-3-4-10-6-11(14)15-12(9,10)7-13/h9-10H,1,3-7H2,2H3/t9-,10-,12-/m0/s1. The van der Waals surface area contributed by atoms with Crippen molar-refractivity contribution in [1.82, 2.24) is 0 Å². The van der Waals surface area contributed by atoms with Crippen molar-refractivity contribution >= 4 is 28.6 Å². The first-order chi connectivity index (χ1) is 7.08. The van der Waals surface area contributed by atoms with Crippen molar-refractivity contribution in [1.29, 1.82) is 0 Å². The SMILES string of the molecule is C=C(C)C[C@@H]1CC[C@H]2CC(=O)O[C@@]12CI. The summed E-state index contributed by atoms with van der Waals surface area (Å²) in [4.78, 5) is 11.4. The molecule has 2 rings (SSSR count). The first kappa shape index (κ1) is 11.4. The minimum Gasteiger partial charge on any atom is -0.458 e. The summed E-state index contributed by atoms with van der Waals surface area (Å²) in [6, 6.07) is 0. The number of hydrogen-bond donors (Lipinski definition) is 0. The van der Waals surface area contributed by atoms with Gasteiger partial charge in [-0.1, -0.05) is 28.2 Å². The Labute approximate surface area is 105 Å². The van der Waals surface area contributed by atoms with Gasteiger partial charge in [-0.2, -0.15) is 0 Å². The lowest BCUT2D eigenvalue weighted by Crippen LogP contribution is -2.40. The number of halogens is 1. The van der Waals surface area contributed by atoms with Gasteiger partial charge in [0.25, 0.3) is 0 Å². The maximum absolute atomic E-state index is 11.4. The second kappa shape index (κ2) is 4.07. The Morgan fingerprint density at radius 2 is 2.40 bits per heavy atom. The van der Waals surface area contributed by atoms with Crippen molar-refractivity contribution in [2.45, 2.75) is 38.2 Å². The minimum atomic E-state index is -0.156. The van der Waals surface area contributed by atoms with Crippen LogP contribution in [-0.2, 0) is 9.53 Å². The van der Waals surface area contributed by atoms with E-state index in [-0.39, 0.29) is 11.6 Å². The number of carbonyl (C=O) groups is 1. The molecule has 0 N–H and O–H groups in total. The summed E-state index contributed by atoms with van der Waals surface area (Å²) in [5.74, 6) is 0.970. The number of ether oxygens (including phenoxy) is 1. The Kier molecular flexibility index (Phi) is 3.10. The van der Waals surface area contributed by atoms with Gasteiger partial charge in [-0.25, -0.2) is 0 Å². The number of allylic oxidation sites excluding steroid dienone is 1. The molecule has 0 aromatic carbocycles. The van der Waals surface area contributed by atoms with Crippen molar-refractivity contribution in [3.05, 3.63) is 12.2 Å². The molecule has 2 fully saturated rings. The van der Waals surface area contributed by atoms with Crippen LogP contribution in [0.3, 0.4) is 0 Å². The third-order valence-electron chi connectivity index (χ3n) is 3.77. The smallest absolute Gasteiger partial charge is 0.306 e. The van der Waals surface area contributed by atoms with E-state index in [1.807, 2.05) is 0 Å². The zero-order valence-electron chi connectivity index (χ0n) is 9.09. The molecular formula is C12H17IO2. The first-order valence-electron chi connectivity index (χ1n) is 5.50. The Hall–Kier alpha value is -0.0600. The molecule has 0 radical (unpaired) electrons. The van der Waals surface area contributed by atoms with Gasteiger partial charge in [0.2, 0.25) is 0 Å². The summed E-state index contributed by atoms with van der Waals surface area (Å²) in [5, 5.41) is 0. The van der Waals surface area contributed by atoms with E-state index in [2.05, 4.69) is 36.1 Å². The van der Waals surface area contributed by atoms with Crippen LogP contribution in [0.1, 0.15) is 32.6 Å². The maximum Gasteiger partial charge on any atom is 0.306 e. The fraction of sp³-hybridized carbons (Fsp3) is 0.750. The van der Waals surface area contributed by atoms with E-state index >= 15 is 0 Å². The highest BCUT2D eigenvalue weighted by molar-refractivity contribution is 14.1. The predicted molar refractivity (Wildman–Crippen MR) is 68.0 cm³/mol. The van der Waals surface area contributed by atoms with Gasteiger partial charge in [0.05, 0.1) is 6.42 Å². The number of alkyl halides is 1. The Bertz CT molecular complexity index is 300. The molecule has 0 amide bonds. The number of fused-ring (bicyclic) bond motifs is 1. The van der Waals surface area contributed by atoms with Gasteiger partial charge in [-0.3, -0.25) is 4.79 Å². The fourth-order valence-electron chi connectivity index (χ4n) is 3.06. The molecule has 3 atom stereocenters. The Morgan fingerprint density at radius 1 is 1.67 bits per heavy atom. The van der Waals surface area contributed by atoms with Crippen molar-refractivity contribution in [3.8, 4) is 0 Å². The summed E-state index contributed by atoms with van der Waals surface area (Å²) in [6.45, 7) is 6.03. The minimum absolute atomic E-state index is 0.00285. The van der Waals surface area contributed by atoms with Crippen molar-refractivity contribution in [2.75, 3.05) is 4.43 Å². The van der Waals surface area contributed by atoms with Crippen LogP contribution < -0.4 is 0 Å². The van der Waals surface area contributed by atoms with E-state index in [1.54, 1.807) is 0 Å². The van der Waals surface area contributed by atoms with Gasteiger partial charge >= 0.3 is 5.97 Å². The summed E-state index contributed by atoms with van der Waals surface area (Å²) in [5.41, 5.74) is 1.05. The zero-order chi connectivity index (χ0) is 11.1. The largest absolute Gasteiger partial charge is 0.458 e. The van der Waals surface area contributed by atoms with Gasteiger partial charge in [0.1, 0.15) is 5.60 Å². The van der Waals surface area contributed by atoms with Crippen LogP contribution in [0.15, 0.2) is 12.2 Å². The van der Waals surface area contributed by atoms with Crippen molar-refractivity contribution in [3.63, 3.8) is 0 Å². The molecule has 1 saturated carbocycles. The van der Waals surface area contributed by atoms with Crippen LogP contribution >= 0.6 is 22.6 Å². The Morgan fingerprint density at radius 3 is 3.00 bits per heavy atom. The highest BCUT2D eigenvalue weighted by atomic mass is 127. The topological polar surface area (TPSA) is 26.3 Å². The van der Waals surface area contributed by atoms with Crippen LogP contribution in [0.2, 0.25) is 0 Å². The highest BCUT2D eigenvalue weighted by Crippen LogP contribution is 2.52. The lowest BCUT2D eigenvalue weighted by atomic mass is 9.83. The van der Waals surface area contributed by atoms with E-state index < -0.39 is 0 Å². The molecule has 0 spiro atoms. The number of hydrogen-bond acceptors (Lipinski definition) is 2. The van der Waals surface area contributed by atoms with Gasteiger partial charge in [-0.15, -0.1) is 6.58 Å². The molecule has 2 aliphatic rings. The Balaban J connectivity index is 2.20. The molecule has 2 nitrogen and oxygen atoms in total. The maximum atomic E-state index is 11.4. The summed E-state index contributed by atoms with van der Waals surface area (Å²) < 4.78 is 6.58. The van der Waals surface area contributed by atoms with Gasteiger partial charge in [0, 0.05) is 16.3 Å². The monoisotopic (exact) mass is 320 g/mol. The lowest BCUT2D eigenvalue weighted by molar-refractivity contribution is -0.150. The number of esters is 1.